The first-order chi connectivity index (χ1) is 13.6. The lowest BCUT2D eigenvalue weighted by Crippen LogP contribution is -2.27. The van der Waals surface area contributed by atoms with Gasteiger partial charge in [-0.15, -0.1) is 11.8 Å². The molecule has 2 aromatic carbocycles. The highest BCUT2D eigenvalue weighted by molar-refractivity contribution is 9.10. The van der Waals surface area contributed by atoms with Gasteiger partial charge in [-0.2, -0.15) is 0 Å². The van der Waals surface area contributed by atoms with E-state index in [1.807, 2.05) is 48.5 Å². The van der Waals surface area contributed by atoms with E-state index >= 15 is 0 Å². The zero-order chi connectivity index (χ0) is 19.5. The Morgan fingerprint density at radius 2 is 2.00 bits per heavy atom. The van der Waals surface area contributed by atoms with E-state index in [1.165, 1.54) is 0 Å². The first kappa shape index (κ1) is 18.8. The average molecular weight is 457 g/mol. The molecule has 0 bridgehead atoms. The highest BCUT2D eigenvalue weighted by atomic mass is 79.9. The Morgan fingerprint density at radius 1 is 1.18 bits per heavy atom. The van der Waals surface area contributed by atoms with Crippen LogP contribution in [0.5, 0.6) is 0 Å². The van der Waals surface area contributed by atoms with Gasteiger partial charge in [-0.3, -0.25) is 9.59 Å². The molecule has 1 aromatic heterocycles. The van der Waals surface area contributed by atoms with Gasteiger partial charge in [0.1, 0.15) is 11.1 Å². The predicted molar refractivity (Wildman–Crippen MR) is 113 cm³/mol. The first-order valence-electron chi connectivity index (χ1n) is 8.70. The van der Waals surface area contributed by atoms with E-state index in [0.29, 0.717) is 17.9 Å². The second-order valence-electron chi connectivity index (χ2n) is 6.35. The molecule has 0 spiro atoms. The van der Waals surface area contributed by atoms with E-state index in [0.717, 1.165) is 21.5 Å². The Bertz CT molecular complexity index is 989. The number of rotatable bonds is 5. The van der Waals surface area contributed by atoms with Crippen molar-refractivity contribution in [3.8, 4) is 0 Å². The number of furan rings is 1. The second-order valence-corrected chi connectivity index (χ2v) is 8.34. The molecule has 0 radical (unpaired) electrons. The summed E-state index contributed by atoms with van der Waals surface area (Å²) in [6.45, 7) is 0.439. The molecule has 28 heavy (non-hydrogen) atoms. The molecule has 0 saturated carbocycles. The summed E-state index contributed by atoms with van der Waals surface area (Å²) in [7, 11) is 0. The molecule has 7 heteroatoms. The molecule has 0 aliphatic carbocycles. The molecule has 1 atom stereocenters. The van der Waals surface area contributed by atoms with Crippen molar-refractivity contribution in [1.29, 1.82) is 0 Å². The summed E-state index contributed by atoms with van der Waals surface area (Å²) >= 11 is 4.98. The Hall–Kier alpha value is -2.51. The van der Waals surface area contributed by atoms with Gasteiger partial charge in [0, 0.05) is 15.7 Å². The number of nitrogens with zero attached hydrogens (tertiary/aromatic N) is 1. The van der Waals surface area contributed by atoms with Crippen LogP contribution in [0.1, 0.15) is 27.1 Å². The van der Waals surface area contributed by atoms with Crippen molar-refractivity contribution in [3.05, 3.63) is 88.3 Å². The standard InChI is InChI=1S/C21H17BrN2O3S/c22-16-3-1-4-17(11-16)23-20(26)14-6-8-15(9-7-14)21-24(19(25)13-28-21)12-18-5-2-10-27-18/h1-11,21H,12-13H2,(H,23,26)/t21-/m1/s1. The number of thioether (sulfide) groups is 1. The van der Waals surface area contributed by atoms with Crippen LogP contribution in [0.2, 0.25) is 0 Å². The molecule has 1 N–H and O–H groups in total. The summed E-state index contributed by atoms with van der Waals surface area (Å²) in [4.78, 5) is 26.6. The normalized spacial score (nSPS) is 16.4. The summed E-state index contributed by atoms with van der Waals surface area (Å²) in [5, 5.41) is 2.80. The molecular formula is C21H17BrN2O3S. The fourth-order valence-electron chi connectivity index (χ4n) is 3.04. The van der Waals surface area contributed by atoms with Crippen LogP contribution in [0.15, 0.2) is 75.8 Å². The highest BCUT2D eigenvalue weighted by Crippen LogP contribution is 2.39. The number of nitrogens with one attached hydrogen (secondary N) is 1. The zero-order valence-corrected chi connectivity index (χ0v) is 17.2. The minimum Gasteiger partial charge on any atom is -0.467 e. The molecule has 5 nitrogen and oxygen atoms in total. The van der Waals surface area contributed by atoms with Gasteiger partial charge in [-0.1, -0.05) is 34.1 Å². The average Bonchev–Trinajstić information content (AvgIpc) is 3.33. The van der Waals surface area contributed by atoms with E-state index in [2.05, 4.69) is 21.2 Å². The van der Waals surface area contributed by atoms with E-state index in [1.54, 1.807) is 35.1 Å². The number of anilines is 1. The maximum Gasteiger partial charge on any atom is 0.255 e. The Labute approximate surface area is 175 Å². The lowest BCUT2D eigenvalue weighted by atomic mass is 10.1. The molecule has 0 unspecified atom stereocenters. The van der Waals surface area contributed by atoms with Gasteiger partial charge in [0.25, 0.3) is 5.91 Å². The summed E-state index contributed by atoms with van der Waals surface area (Å²) in [6.07, 6.45) is 1.61. The van der Waals surface area contributed by atoms with Crippen molar-refractivity contribution in [3.63, 3.8) is 0 Å². The number of hydrogen-bond donors (Lipinski definition) is 1. The van der Waals surface area contributed by atoms with Crippen molar-refractivity contribution in [2.75, 3.05) is 11.1 Å². The van der Waals surface area contributed by atoms with Gasteiger partial charge in [0.05, 0.1) is 18.6 Å². The van der Waals surface area contributed by atoms with Crippen LogP contribution in [-0.4, -0.2) is 22.5 Å². The van der Waals surface area contributed by atoms with E-state index < -0.39 is 0 Å². The van der Waals surface area contributed by atoms with Crippen LogP contribution in [0.4, 0.5) is 5.69 Å². The molecule has 142 valence electrons. The fourth-order valence-corrected chi connectivity index (χ4v) is 4.63. The Balaban J connectivity index is 1.47. The van der Waals surface area contributed by atoms with Crippen molar-refractivity contribution >= 4 is 45.2 Å². The van der Waals surface area contributed by atoms with Crippen molar-refractivity contribution < 1.29 is 14.0 Å². The molecule has 1 saturated heterocycles. The first-order valence-corrected chi connectivity index (χ1v) is 10.5. The van der Waals surface area contributed by atoms with E-state index in [-0.39, 0.29) is 17.2 Å². The zero-order valence-electron chi connectivity index (χ0n) is 14.8. The minimum atomic E-state index is -0.174. The van der Waals surface area contributed by atoms with Crippen LogP contribution in [0.25, 0.3) is 0 Å². The highest BCUT2D eigenvalue weighted by Gasteiger charge is 2.33. The summed E-state index contributed by atoms with van der Waals surface area (Å²) < 4.78 is 6.29. The molecule has 3 aromatic rings. The maximum absolute atomic E-state index is 12.5. The third-order valence-electron chi connectivity index (χ3n) is 4.41. The molecule has 4 rings (SSSR count). The maximum atomic E-state index is 12.5. The smallest absolute Gasteiger partial charge is 0.255 e. The molecule has 2 heterocycles. The van der Waals surface area contributed by atoms with Gasteiger partial charge in [0.2, 0.25) is 5.91 Å². The van der Waals surface area contributed by atoms with Crippen LogP contribution in [-0.2, 0) is 11.3 Å². The monoisotopic (exact) mass is 456 g/mol. The number of hydrogen-bond acceptors (Lipinski definition) is 4. The Morgan fingerprint density at radius 3 is 2.71 bits per heavy atom. The van der Waals surface area contributed by atoms with Crippen LogP contribution >= 0.6 is 27.7 Å². The number of halogens is 1. The van der Waals surface area contributed by atoms with Crippen molar-refractivity contribution in [2.24, 2.45) is 0 Å². The lowest BCUT2D eigenvalue weighted by molar-refractivity contribution is -0.128. The van der Waals surface area contributed by atoms with Gasteiger partial charge in [-0.05, 0) is 48.0 Å². The Kier molecular flexibility index (Phi) is 5.54. The SMILES string of the molecule is O=C(Nc1cccc(Br)c1)c1ccc([C@H]2SCC(=O)N2Cc2ccco2)cc1. The second kappa shape index (κ2) is 8.24. The largest absolute Gasteiger partial charge is 0.467 e. The summed E-state index contributed by atoms with van der Waals surface area (Å²) in [5.41, 5.74) is 2.28. The molecular weight excluding hydrogens is 440 g/mol. The fraction of sp³-hybridized carbons (Fsp3) is 0.143. The molecule has 1 aliphatic rings. The summed E-state index contributed by atoms with van der Waals surface area (Å²) in [5.74, 6) is 1.11. The number of benzene rings is 2. The summed E-state index contributed by atoms with van der Waals surface area (Å²) in [6, 6.07) is 18.5. The third kappa shape index (κ3) is 4.15. The van der Waals surface area contributed by atoms with Gasteiger partial charge in [0.15, 0.2) is 0 Å². The van der Waals surface area contributed by atoms with Crippen molar-refractivity contribution in [1.82, 2.24) is 4.90 Å². The van der Waals surface area contributed by atoms with Crippen LogP contribution in [0, 0.1) is 0 Å². The van der Waals surface area contributed by atoms with Gasteiger partial charge >= 0.3 is 0 Å². The van der Waals surface area contributed by atoms with E-state index in [4.69, 9.17) is 4.42 Å². The van der Waals surface area contributed by atoms with Crippen molar-refractivity contribution in [2.45, 2.75) is 11.9 Å². The predicted octanol–water partition coefficient (Wildman–Crippen LogP) is 5.07. The van der Waals surface area contributed by atoms with Gasteiger partial charge < -0.3 is 14.6 Å². The number of carbonyl (C=O) groups excluding carboxylic acids is 2. The topological polar surface area (TPSA) is 62.6 Å². The quantitative estimate of drug-likeness (QED) is 0.581. The molecule has 1 aliphatic heterocycles. The molecule has 2 amide bonds. The minimum absolute atomic E-state index is 0.0835. The van der Waals surface area contributed by atoms with Gasteiger partial charge in [-0.25, -0.2) is 0 Å². The van der Waals surface area contributed by atoms with Crippen LogP contribution in [0.3, 0.4) is 0 Å². The number of amides is 2. The third-order valence-corrected chi connectivity index (χ3v) is 6.16. The number of carbonyl (C=O) groups is 2. The van der Waals surface area contributed by atoms with Crippen LogP contribution < -0.4 is 5.32 Å². The lowest BCUT2D eigenvalue weighted by Gasteiger charge is -2.23. The molecule has 1 fully saturated rings. The van der Waals surface area contributed by atoms with E-state index in [9.17, 15) is 9.59 Å².